The van der Waals surface area contributed by atoms with Gasteiger partial charge in [0.1, 0.15) is 5.92 Å². The molecule has 5 heteroatoms. The van der Waals surface area contributed by atoms with Gasteiger partial charge >= 0.3 is 0 Å². The summed E-state index contributed by atoms with van der Waals surface area (Å²) < 4.78 is 0. The number of anilines is 1. The van der Waals surface area contributed by atoms with Crippen LogP contribution in [0.3, 0.4) is 0 Å². The van der Waals surface area contributed by atoms with Crippen LogP contribution in [0.4, 0.5) is 5.69 Å². The van der Waals surface area contributed by atoms with E-state index >= 15 is 0 Å². The molecule has 22 heavy (non-hydrogen) atoms. The Morgan fingerprint density at radius 1 is 1.18 bits per heavy atom. The minimum atomic E-state index is -0.535. The number of carbonyl (C=O) groups excluding carboxylic acids is 2. The van der Waals surface area contributed by atoms with Crippen molar-refractivity contribution in [2.45, 2.75) is 32.7 Å². The first-order valence-corrected chi connectivity index (χ1v) is 7.90. The van der Waals surface area contributed by atoms with Gasteiger partial charge < -0.3 is 15.5 Å². The standard InChI is InChI=1S/C17H23N3O2/c1-11-3-4-14(9-12(11)2)20-8-6-15(17(20)22)16(21)19-7-5-13(18)10-19/h3-4,9,13,15H,5-8,10,18H2,1-2H3/t13-,15-/m0/s1. The van der Waals surface area contributed by atoms with Crippen molar-refractivity contribution in [1.29, 1.82) is 0 Å². The molecule has 2 aliphatic heterocycles. The minimum absolute atomic E-state index is 0.0516. The molecule has 0 radical (unpaired) electrons. The normalized spacial score (nSPS) is 25.1. The van der Waals surface area contributed by atoms with Crippen LogP contribution in [0, 0.1) is 19.8 Å². The zero-order valence-corrected chi connectivity index (χ0v) is 13.2. The maximum absolute atomic E-state index is 12.6. The Hall–Kier alpha value is -1.88. The molecule has 2 fully saturated rings. The van der Waals surface area contributed by atoms with Crippen molar-refractivity contribution < 1.29 is 9.59 Å². The molecule has 0 aromatic heterocycles. The Bertz CT molecular complexity index is 614. The van der Waals surface area contributed by atoms with Crippen molar-refractivity contribution in [1.82, 2.24) is 4.90 Å². The molecular formula is C17H23N3O2. The maximum atomic E-state index is 12.6. The van der Waals surface area contributed by atoms with Gasteiger partial charge in [0.15, 0.2) is 0 Å². The van der Waals surface area contributed by atoms with E-state index in [0.717, 1.165) is 17.7 Å². The highest BCUT2D eigenvalue weighted by atomic mass is 16.2. The molecule has 1 aromatic rings. The first-order valence-electron chi connectivity index (χ1n) is 7.90. The lowest BCUT2D eigenvalue weighted by atomic mass is 10.1. The number of nitrogens with two attached hydrogens (primary N) is 1. The van der Waals surface area contributed by atoms with E-state index in [1.54, 1.807) is 9.80 Å². The summed E-state index contributed by atoms with van der Waals surface area (Å²) in [6.45, 7) is 5.94. The molecule has 2 N–H and O–H groups in total. The van der Waals surface area contributed by atoms with Crippen molar-refractivity contribution >= 4 is 17.5 Å². The molecule has 2 aliphatic rings. The lowest BCUT2D eigenvalue weighted by Gasteiger charge is -2.21. The van der Waals surface area contributed by atoms with Crippen LogP contribution in [0.15, 0.2) is 18.2 Å². The van der Waals surface area contributed by atoms with Crippen LogP contribution in [0.5, 0.6) is 0 Å². The molecule has 2 atom stereocenters. The number of amides is 2. The summed E-state index contributed by atoms with van der Waals surface area (Å²) in [5.41, 5.74) is 9.11. The second-order valence-electron chi connectivity index (χ2n) is 6.43. The molecule has 0 spiro atoms. The molecule has 2 saturated heterocycles. The van der Waals surface area contributed by atoms with Crippen LogP contribution in [0.25, 0.3) is 0 Å². The van der Waals surface area contributed by atoms with Crippen molar-refractivity contribution in [3.05, 3.63) is 29.3 Å². The van der Waals surface area contributed by atoms with Gasteiger partial charge in [-0.1, -0.05) is 6.07 Å². The molecular weight excluding hydrogens is 278 g/mol. The zero-order chi connectivity index (χ0) is 15.9. The van der Waals surface area contributed by atoms with Gasteiger partial charge in [-0.15, -0.1) is 0 Å². The van der Waals surface area contributed by atoms with E-state index in [4.69, 9.17) is 5.73 Å². The molecule has 0 aliphatic carbocycles. The van der Waals surface area contributed by atoms with Gasteiger partial charge in [-0.2, -0.15) is 0 Å². The molecule has 0 bridgehead atoms. The largest absolute Gasteiger partial charge is 0.340 e. The van der Waals surface area contributed by atoms with Crippen molar-refractivity contribution in [3.63, 3.8) is 0 Å². The lowest BCUT2D eigenvalue weighted by molar-refractivity contribution is -0.139. The van der Waals surface area contributed by atoms with Crippen LogP contribution < -0.4 is 10.6 Å². The lowest BCUT2D eigenvalue weighted by Crippen LogP contribution is -2.40. The molecule has 118 valence electrons. The van der Waals surface area contributed by atoms with Crippen molar-refractivity contribution in [2.75, 3.05) is 24.5 Å². The summed E-state index contributed by atoms with van der Waals surface area (Å²) in [6.07, 6.45) is 1.42. The predicted octanol–water partition coefficient (Wildman–Crippen LogP) is 1.22. The minimum Gasteiger partial charge on any atom is -0.340 e. The number of rotatable bonds is 2. The first kappa shape index (κ1) is 15.0. The third kappa shape index (κ3) is 2.61. The fraction of sp³-hybridized carbons (Fsp3) is 0.529. The average Bonchev–Trinajstić information content (AvgIpc) is 3.08. The second-order valence-corrected chi connectivity index (χ2v) is 6.43. The van der Waals surface area contributed by atoms with Gasteiger partial charge in [0.05, 0.1) is 0 Å². The Labute approximate surface area is 131 Å². The van der Waals surface area contributed by atoms with E-state index in [1.807, 2.05) is 32.0 Å². The smallest absolute Gasteiger partial charge is 0.239 e. The molecule has 2 amide bonds. The fourth-order valence-corrected chi connectivity index (χ4v) is 3.27. The highest BCUT2D eigenvalue weighted by Gasteiger charge is 2.40. The quantitative estimate of drug-likeness (QED) is 0.835. The van der Waals surface area contributed by atoms with Gasteiger partial charge in [0.25, 0.3) is 0 Å². The highest BCUT2D eigenvalue weighted by Crippen LogP contribution is 2.28. The number of aryl methyl sites for hydroxylation is 2. The van der Waals surface area contributed by atoms with Gasteiger partial charge in [-0.3, -0.25) is 9.59 Å². The fourth-order valence-electron chi connectivity index (χ4n) is 3.27. The molecule has 5 nitrogen and oxygen atoms in total. The average molecular weight is 301 g/mol. The topological polar surface area (TPSA) is 66.6 Å². The van der Waals surface area contributed by atoms with E-state index in [9.17, 15) is 9.59 Å². The van der Waals surface area contributed by atoms with Crippen LogP contribution in [0.2, 0.25) is 0 Å². The number of nitrogens with zero attached hydrogens (tertiary/aromatic N) is 2. The van der Waals surface area contributed by atoms with E-state index in [-0.39, 0.29) is 17.9 Å². The SMILES string of the molecule is Cc1ccc(N2CC[C@@H](C(=O)N3CC[C@H](N)C3)C2=O)cc1C. The summed E-state index contributed by atoms with van der Waals surface area (Å²) in [5.74, 6) is -0.662. The maximum Gasteiger partial charge on any atom is 0.239 e. The van der Waals surface area contributed by atoms with E-state index in [2.05, 4.69) is 0 Å². The molecule has 0 unspecified atom stereocenters. The monoisotopic (exact) mass is 301 g/mol. The summed E-state index contributed by atoms with van der Waals surface area (Å²) in [4.78, 5) is 28.6. The van der Waals surface area contributed by atoms with Gasteiger partial charge in [0, 0.05) is 31.4 Å². The molecule has 1 aromatic carbocycles. The third-order valence-electron chi connectivity index (χ3n) is 4.84. The summed E-state index contributed by atoms with van der Waals surface area (Å²) in [6, 6.07) is 6.05. The number of carbonyl (C=O) groups is 2. The first-order chi connectivity index (χ1) is 10.5. The van der Waals surface area contributed by atoms with Crippen LogP contribution in [0.1, 0.15) is 24.0 Å². The molecule has 0 saturated carbocycles. The van der Waals surface area contributed by atoms with E-state index < -0.39 is 5.92 Å². The summed E-state index contributed by atoms with van der Waals surface area (Å²) in [7, 11) is 0. The summed E-state index contributed by atoms with van der Waals surface area (Å²) >= 11 is 0. The Morgan fingerprint density at radius 2 is 1.95 bits per heavy atom. The van der Waals surface area contributed by atoms with Crippen molar-refractivity contribution in [3.8, 4) is 0 Å². The molecule has 3 rings (SSSR count). The second kappa shape index (κ2) is 5.72. The highest BCUT2D eigenvalue weighted by molar-refractivity contribution is 6.09. The zero-order valence-electron chi connectivity index (χ0n) is 13.2. The van der Waals surface area contributed by atoms with Crippen LogP contribution >= 0.6 is 0 Å². The Kier molecular flexibility index (Phi) is 3.91. The van der Waals surface area contributed by atoms with Gasteiger partial charge in [-0.05, 0) is 49.9 Å². The van der Waals surface area contributed by atoms with E-state index in [1.165, 1.54) is 5.56 Å². The van der Waals surface area contributed by atoms with Crippen LogP contribution in [-0.2, 0) is 9.59 Å². The number of benzene rings is 1. The van der Waals surface area contributed by atoms with Gasteiger partial charge in [-0.25, -0.2) is 0 Å². The molecule has 2 heterocycles. The van der Waals surface area contributed by atoms with E-state index in [0.29, 0.717) is 26.1 Å². The number of hydrogen-bond donors (Lipinski definition) is 1. The summed E-state index contributed by atoms with van der Waals surface area (Å²) in [5, 5.41) is 0. The third-order valence-corrected chi connectivity index (χ3v) is 4.84. The Morgan fingerprint density at radius 3 is 2.59 bits per heavy atom. The van der Waals surface area contributed by atoms with Crippen LogP contribution in [-0.4, -0.2) is 42.4 Å². The number of likely N-dealkylation sites (tertiary alicyclic amines) is 1. The number of hydrogen-bond acceptors (Lipinski definition) is 3. The Balaban J connectivity index is 1.74. The van der Waals surface area contributed by atoms with Crippen molar-refractivity contribution in [2.24, 2.45) is 11.7 Å². The van der Waals surface area contributed by atoms with Gasteiger partial charge in [0.2, 0.25) is 11.8 Å². The predicted molar refractivity (Wildman–Crippen MR) is 85.5 cm³/mol.